The van der Waals surface area contributed by atoms with Gasteiger partial charge in [0.25, 0.3) is 0 Å². The summed E-state index contributed by atoms with van der Waals surface area (Å²) >= 11 is 12.6. The van der Waals surface area contributed by atoms with Gasteiger partial charge in [-0.25, -0.2) is 0 Å². The number of hydrogen-bond donors (Lipinski definition) is 1. The molecule has 3 aromatic rings. The molecule has 1 aliphatic rings. The zero-order valence-corrected chi connectivity index (χ0v) is 22.9. The Morgan fingerprint density at radius 1 is 0.947 bits per heavy atom. The number of amides is 2. The number of carbonyl (C=O) groups excluding carboxylic acids is 2. The summed E-state index contributed by atoms with van der Waals surface area (Å²) in [5.41, 5.74) is 2.66. The van der Waals surface area contributed by atoms with Crippen molar-refractivity contribution in [2.24, 2.45) is 0 Å². The highest BCUT2D eigenvalue weighted by Gasteiger charge is 2.30. The lowest BCUT2D eigenvalue weighted by molar-refractivity contribution is -0.141. The molecule has 38 heavy (non-hydrogen) atoms. The average Bonchev–Trinajstić information content (AvgIpc) is 2.93. The Hall–Kier alpha value is -3.22. The minimum absolute atomic E-state index is 0.140. The predicted molar refractivity (Wildman–Crippen MR) is 150 cm³/mol. The lowest BCUT2D eigenvalue weighted by Gasteiger charge is -2.32. The van der Waals surface area contributed by atoms with Gasteiger partial charge in [-0.2, -0.15) is 0 Å². The van der Waals surface area contributed by atoms with Crippen LogP contribution in [-0.4, -0.2) is 42.5 Å². The zero-order chi connectivity index (χ0) is 26.9. The van der Waals surface area contributed by atoms with Gasteiger partial charge in [0.1, 0.15) is 19.3 Å². The van der Waals surface area contributed by atoms with Gasteiger partial charge in [-0.3, -0.25) is 9.59 Å². The van der Waals surface area contributed by atoms with Gasteiger partial charge in [0, 0.05) is 36.0 Å². The molecule has 0 aromatic heterocycles. The van der Waals surface area contributed by atoms with Gasteiger partial charge in [0.15, 0.2) is 11.5 Å². The fourth-order valence-electron chi connectivity index (χ4n) is 4.39. The topological polar surface area (TPSA) is 67.9 Å². The summed E-state index contributed by atoms with van der Waals surface area (Å²) in [6, 6.07) is 19.9. The van der Waals surface area contributed by atoms with Crippen LogP contribution in [0.1, 0.15) is 36.5 Å². The van der Waals surface area contributed by atoms with Crippen molar-refractivity contribution in [2.45, 2.75) is 45.2 Å². The summed E-state index contributed by atoms with van der Waals surface area (Å²) in [4.78, 5) is 28.9. The molecule has 0 fully saturated rings. The standard InChI is InChI=1S/C30H32Cl2N2O4/c1-2-14-33-30(36)26(17-21-6-4-3-5-7-21)34(20-23-10-11-24(31)19-25(23)32)29(35)13-9-22-8-12-27-28(18-22)38-16-15-37-27/h3-8,10-12,18-19,26H,2,9,13-17,20H2,1H3,(H,33,36). The number of nitrogens with one attached hydrogen (secondary N) is 1. The molecular formula is C30H32Cl2N2O4. The Labute approximate surface area is 233 Å². The molecular weight excluding hydrogens is 523 g/mol. The number of benzene rings is 3. The van der Waals surface area contributed by atoms with E-state index in [0.717, 1.165) is 23.1 Å². The molecule has 2 amide bonds. The molecule has 6 nitrogen and oxygen atoms in total. The number of carbonyl (C=O) groups is 2. The van der Waals surface area contributed by atoms with Gasteiger partial charge >= 0.3 is 0 Å². The van der Waals surface area contributed by atoms with Crippen LogP contribution in [0, 0.1) is 0 Å². The first kappa shape index (κ1) is 27.8. The van der Waals surface area contributed by atoms with Crippen molar-refractivity contribution in [3.63, 3.8) is 0 Å². The van der Waals surface area contributed by atoms with E-state index in [0.29, 0.717) is 54.1 Å². The minimum Gasteiger partial charge on any atom is -0.486 e. The van der Waals surface area contributed by atoms with Crippen LogP contribution in [-0.2, 0) is 29.0 Å². The van der Waals surface area contributed by atoms with Crippen molar-refractivity contribution in [1.82, 2.24) is 10.2 Å². The molecule has 1 unspecified atom stereocenters. The van der Waals surface area contributed by atoms with Crippen LogP contribution in [0.5, 0.6) is 11.5 Å². The van der Waals surface area contributed by atoms with E-state index < -0.39 is 6.04 Å². The van der Waals surface area contributed by atoms with E-state index in [1.54, 1.807) is 23.1 Å². The van der Waals surface area contributed by atoms with E-state index in [1.807, 2.05) is 55.5 Å². The molecule has 0 bridgehead atoms. The molecule has 0 saturated carbocycles. The van der Waals surface area contributed by atoms with Gasteiger partial charge in [-0.15, -0.1) is 0 Å². The number of nitrogens with zero attached hydrogens (tertiary/aromatic N) is 1. The highest BCUT2D eigenvalue weighted by Crippen LogP contribution is 2.31. The van der Waals surface area contributed by atoms with Crippen LogP contribution in [0.3, 0.4) is 0 Å². The summed E-state index contributed by atoms with van der Waals surface area (Å²) in [5.74, 6) is 1.07. The smallest absolute Gasteiger partial charge is 0.243 e. The monoisotopic (exact) mass is 554 g/mol. The molecule has 0 spiro atoms. The van der Waals surface area contributed by atoms with Crippen molar-refractivity contribution in [2.75, 3.05) is 19.8 Å². The first-order chi connectivity index (χ1) is 18.4. The van der Waals surface area contributed by atoms with Crippen LogP contribution in [0.4, 0.5) is 0 Å². The van der Waals surface area contributed by atoms with E-state index in [4.69, 9.17) is 32.7 Å². The minimum atomic E-state index is -0.705. The fraction of sp³-hybridized carbons (Fsp3) is 0.333. The summed E-state index contributed by atoms with van der Waals surface area (Å²) in [6.45, 7) is 3.74. The third-order valence-corrected chi connectivity index (χ3v) is 7.00. The maximum absolute atomic E-state index is 13.8. The molecule has 1 aliphatic heterocycles. The average molecular weight is 556 g/mol. The number of fused-ring (bicyclic) bond motifs is 1. The second-order valence-electron chi connectivity index (χ2n) is 9.23. The second-order valence-corrected chi connectivity index (χ2v) is 10.1. The predicted octanol–water partition coefficient (Wildman–Crippen LogP) is 5.86. The molecule has 3 aromatic carbocycles. The van der Waals surface area contributed by atoms with Gasteiger partial charge in [0.2, 0.25) is 11.8 Å². The SMILES string of the molecule is CCCNC(=O)C(Cc1ccccc1)N(Cc1ccc(Cl)cc1Cl)C(=O)CCc1ccc2c(c1)OCCO2. The summed E-state index contributed by atoms with van der Waals surface area (Å²) in [7, 11) is 0. The number of aryl methyl sites for hydroxylation is 1. The highest BCUT2D eigenvalue weighted by atomic mass is 35.5. The Bertz CT molecular complexity index is 1250. The highest BCUT2D eigenvalue weighted by molar-refractivity contribution is 6.35. The molecule has 0 saturated heterocycles. The van der Waals surface area contributed by atoms with Crippen molar-refractivity contribution >= 4 is 35.0 Å². The van der Waals surface area contributed by atoms with Crippen molar-refractivity contribution in [1.29, 1.82) is 0 Å². The summed E-state index contributed by atoms with van der Waals surface area (Å²) in [5, 5.41) is 3.95. The third-order valence-electron chi connectivity index (χ3n) is 6.41. The first-order valence-electron chi connectivity index (χ1n) is 12.9. The lowest BCUT2D eigenvalue weighted by Crippen LogP contribution is -2.50. The molecule has 200 valence electrons. The van der Waals surface area contributed by atoms with Crippen LogP contribution in [0.2, 0.25) is 10.0 Å². The number of hydrogen-bond acceptors (Lipinski definition) is 4. The zero-order valence-electron chi connectivity index (χ0n) is 21.4. The van der Waals surface area contributed by atoms with Crippen LogP contribution in [0.15, 0.2) is 66.7 Å². The lowest BCUT2D eigenvalue weighted by atomic mass is 10.0. The Morgan fingerprint density at radius 2 is 1.71 bits per heavy atom. The largest absolute Gasteiger partial charge is 0.486 e. The van der Waals surface area contributed by atoms with Crippen LogP contribution >= 0.6 is 23.2 Å². The van der Waals surface area contributed by atoms with Gasteiger partial charge < -0.3 is 19.7 Å². The summed E-state index contributed by atoms with van der Waals surface area (Å²) in [6.07, 6.45) is 1.90. The maximum Gasteiger partial charge on any atom is 0.243 e. The number of halogens is 2. The quantitative estimate of drug-likeness (QED) is 0.322. The second kappa shape index (κ2) is 13.5. The maximum atomic E-state index is 13.8. The first-order valence-corrected chi connectivity index (χ1v) is 13.6. The van der Waals surface area contributed by atoms with Crippen LogP contribution < -0.4 is 14.8 Å². The molecule has 1 atom stereocenters. The van der Waals surface area contributed by atoms with Crippen molar-refractivity contribution in [3.05, 3.63) is 93.5 Å². The molecule has 0 aliphatic carbocycles. The number of rotatable bonds is 11. The van der Waals surface area contributed by atoms with Gasteiger partial charge in [-0.1, -0.05) is 72.6 Å². The molecule has 8 heteroatoms. The van der Waals surface area contributed by atoms with E-state index in [2.05, 4.69) is 5.32 Å². The molecule has 4 rings (SSSR count). The summed E-state index contributed by atoms with van der Waals surface area (Å²) < 4.78 is 11.3. The number of ether oxygens (including phenoxy) is 2. The van der Waals surface area contributed by atoms with E-state index >= 15 is 0 Å². The van der Waals surface area contributed by atoms with E-state index in [-0.39, 0.29) is 24.8 Å². The van der Waals surface area contributed by atoms with Crippen LogP contribution in [0.25, 0.3) is 0 Å². The Morgan fingerprint density at radius 3 is 2.45 bits per heavy atom. The fourth-order valence-corrected chi connectivity index (χ4v) is 4.86. The molecule has 1 heterocycles. The van der Waals surface area contributed by atoms with E-state index in [9.17, 15) is 9.59 Å². The molecule has 1 N–H and O–H groups in total. The van der Waals surface area contributed by atoms with Gasteiger partial charge in [0.05, 0.1) is 0 Å². The third kappa shape index (κ3) is 7.42. The van der Waals surface area contributed by atoms with Gasteiger partial charge in [-0.05, 0) is 53.8 Å². The van der Waals surface area contributed by atoms with Crippen molar-refractivity contribution < 1.29 is 19.1 Å². The Balaban J connectivity index is 1.60. The van der Waals surface area contributed by atoms with Crippen molar-refractivity contribution in [3.8, 4) is 11.5 Å². The van der Waals surface area contributed by atoms with E-state index in [1.165, 1.54) is 0 Å². The normalized spacial score (nSPS) is 13.0. The molecule has 0 radical (unpaired) electrons. The Kier molecular flexibility index (Phi) is 9.91.